The molecule has 0 aliphatic rings. The van der Waals surface area contributed by atoms with Crippen molar-refractivity contribution in [2.24, 2.45) is 0 Å². The fourth-order valence-electron chi connectivity index (χ4n) is 2.03. The second-order valence-corrected chi connectivity index (χ2v) is 5.63. The smallest absolute Gasteiger partial charge is 0.340 e. The molecule has 1 N–H and O–H groups in total. The molecule has 0 atom stereocenters. The third-order valence-electron chi connectivity index (χ3n) is 3.29. The van der Waals surface area contributed by atoms with E-state index < -0.39 is 16.8 Å². The van der Waals surface area contributed by atoms with Crippen LogP contribution in [0.2, 0.25) is 0 Å². The van der Waals surface area contributed by atoms with Crippen LogP contribution >= 0.6 is 15.9 Å². The van der Waals surface area contributed by atoms with Gasteiger partial charge in [-0.2, -0.15) is 0 Å². The fraction of sp³-hybridized carbons (Fsp3) is 0.125. The van der Waals surface area contributed by atoms with Gasteiger partial charge in [0.1, 0.15) is 5.75 Å². The summed E-state index contributed by atoms with van der Waals surface area (Å²) in [6.45, 7) is 0. The summed E-state index contributed by atoms with van der Waals surface area (Å²) >= 11 is 3.05. The van der Waals surface area contributed by atoms with Crippen LogP contribution in [0.4, 0.5) is 11.4 Å². The van der Waals surface area contributed by atoms with Crippen LogP contribution in [-0.2, 0) is 4.74 Å². The minimum atomic E-state index is -0.656. The van der Waals surface area contributed by atoms with E-state index in [0.717, 1.165) is 6.07 Å². The lowest BCUT2D eigenvalue weighted by Crippen LogP contribution is -2.15. The van der Waals surface area contributed by atoms with Crippen LogP contribution in [0.3, 0.4) is 0 Å². The number of nitrogens with one attached hydrogen (secondary N) is 1. The molecule has 0 bridgehead atoms. The molecule has 8 nitrogen and oxygen atoms in total. The molecule has 0 fully saturated rings. The highest BCUT2D eigenvalue weighted by atomic mass is 79.9. The van der Waals surface area contributed by atoms with Crippen LogP contribution in [-0.4, -0.2) is 31.0 Å². The predicted octanol–water partition coefficient (Wildman–Crippen LogP) is 3.40. The van der Waals surface area contributed by atoms with E-state index in [1.807, 2.05) is 0 Å². The van der Waals surface area contributed by atoms with E-state index in [2.05, 4.69) is 26.0 Å². The van der Waals surface area contributed by atoms with Gasteiger partial charge in [0.15, 0.2) is 0 Å². The Kier molecular flexibility index (Phi) is 5.71. The number of hydrogen-bond acceptors (Lipinski definition) is 6. The molecule has 9 heteroatoms. The Labute approximate surface area is 151 Å². The van der Waals surface area contributed by atoms with Crippen LogP contribution in [0.15, 0.2) is 40.9 Å². The van der Waals surface area contributed by atoms with Gasteiger partial charge in [-0.05, 0) is 46.3 Å². The van der Waals surface area contributed by atoms with Crippen molar-refractivity contribution in [3.63, 3.8) is 0 Å². The maximum atomic E-state index is 12.4. The average Bonchev–Trinajstić information content (AvgIpc) is 2.61. The summed E-state index contributed by atoms with van der Waals surface area (Å²) < 4.78 is 10.00. The Hall–Kier alpha value is -2.94. The zero-order valence-electron chi connectivity index (χ0n) is 13.2. The minimum Gasteiger partial charge on any atom is -0.497 e. The summed E-state index contributed by atoms with van der Waals surface area (Å²) in [5.41, 5.74) is 0.127. The minimum absolute atomic E-state index is 0.0709. The van der Waals surface area contributed by atoms with Crippen molar-refractivity contribution in [1.29, 1.82) is 0 Å². The summed E-state index contributed by atoms with van der Waals surface area (Å²) in [6.07, 6.45) is 0. The van der Waals surface area contributed by atoms with E-state index in [0.29, 0.717) is 5.75 Å². The van der Waals surface area contributed by atoms with Crippen molar-refractivity contribution in [3.8, 4) is 5.75 Å². The van der Waals surface area contributed by atoms with Crippen LogP contribution in [0.5, 0.6) is 5.75 Å². The van der Waals surface area contributed by atoms with E-state index >= 15 is 0 Å². The number of halogens is 1. The highest BCUT2D eigenvalue weighted by Crippen LogP contribution is 2.27. The molecule has 0 spiro atoms. The molecule has 1 amide bonds. The number of nitrogens with zero attached hydrogens (tertiary/aromatic N) is 1. The molecule has 2 rings (SSSR count). The number of nitro benzene ring substituents is 1. The topological polar surface area (TPSA) is 108 Å². The van der Waals surface area contributed by atoms with Crippen molar-refractivity contribution >= 4 is 39.2 Å². The van der Waals surface area contributed by atoms with Crippen molar-refractivity contribution < 1.29 is 24.0 Å². The Morgan fingerprint density at radius 1 is 1.16 bits per heavy atom. The van der Waals surface area contributed by atoms with Gasteiger partial charge >= 0.3 is 5.97 Å². The van der Waals surface area contributed by atoms with Crippen molar-refractivity contribution in [3.05, 3.63) is 62.1 Å². The van der Waals surface area contributed by atoms with Gasteiger partial charge in [-0.3, -0.25) is 14.9 Å². The van der Waals surface area contributed by atoms with Crippen LogP contribution in [0.25, 0.3) is 0 Å². The van der Waals surface area contributed by atoms with Gasteiger partial charge in [-0.1, -0.05) is 0 Å². The molecule has 0 unspecified atom stereocenters. The Bertz CT molecular complexity index is 853. The van der Waals surface area contributed by atoms with Gasteiger partial charge in [0, 0.05) is 11.6 Å². The first-order valence-corrected chi connectivity index (χ1v) is 7.68. The lowest BCUT2D eigenvalue weighted by molar-refractivity contribution is -0.385. The van der Waals surface area contributed by atoms with Gasteiger partial charge in [-0.25, -0.2) is 4.79 Å². The third kappa shape index (κ3) is 4.13. The maximum Gasteiger partial charge on any atom is 0.340 e. The number of anilines is 1. The average molecular weight is 409 g/mol. The predicted molar refractivity (Wildman–Crippen MR) is 93.1 cm³/mol. The monoisotopic (exact) mass is 408 g/mol. The lowest BCUT2D eigenvalue weighted by Gasteiger charge is -2.11. The zero-order valence-corrected chi connectivity index (χ0v) is 14.8. The number of ether oxygens (including phenoxy) is 2. The van der Waals surface area contributed by atoms with E-state index in [9.17, 15) is 19.7 Å². The quantitative estimate of drug-likeness (QED) is 0.461. The molecule has 0 aliphatic carbocycles. The molecule has 0 aromatic heterocycles. The fourth-order valence-corrected chi connectivity index (χ4v) is 2.42. The second-order valence-electron chi connectivity index (χ2n) is 4.78. The number of rotatable bonds is 5. The van der Waals surface area contributed by atoms with Crippen LogP contribution in [0, 0.1) is 10.1 Å². The molecule has 0 radical (unpaired) electrons. The Balaban J connectivity index is 2.36. The number of amides is 1. The molecular formula is C16H13BrN2O6. The number of benzene rings is 2. The van der Waals surface area contributed by atoms with Crippen molar-refractivity contribution in [2.45, 2.75) is 0 Å². The standard InChI is InChI=1S/C16H13BrN2O6/c1-24-10-4-6-13(11(8-10)16(21)25-2)18-15(20)9-3-5-12(17)14(7-9)19(22)23/h3-8H,1-2H3,(H,18,20). The first-order chi connectivity index (χ1) is 11.9. The molecule has 0 heterocycles. The Morgan fingerprint density at radius 3 is 2.48 bits per heavy atom. The molecule has 0 saturated carbocycles. The summed E-state index contributed by atoms with van der Waals surface area (Å²) in [5, 5.41) is 13.5. The van der Waals surface area contributed by atoms with Gasteiger partial charge in [0.25, 0.3) is 11.6 Å². The molecule has 0 aliphatic heterocycles. The van der Waals surface area contributed by atoms with Crippen LogP contribution in [0.1, 0.15) is 20.7 Å². The highest BCUT2D eigenvalue weighted by molar-refractivity contribution is 9.10. The zero-order chi connectivity index (χ0) is 18.6. The molecule has 25 heavy (non-hydrogen) atoms. The maximum absolute atomic E-state index is 12.4. The summed E-state index contributed by atoms with van der Waals surface area (Å²) in [7, 11) is 2.65. The first-order valence-electron chi connectivity index (χ1n) is 6.89. The molecule has 2 aromatic rings. The number of hydrogen-bond donors (Lipinski definition) is 1. The summed E-state index contributed by atoms with van der Waals surface area (Å²) in [5.74, 6) is -0.848. The van der Waals surface area contributed by atoms with E-state index in [4.69, 9.17) is 4.74 Å². The van der Waals surface area contributed by atoms with Gasteiger partial charge in [0.2, 0.25) is 0 Å². The largest absolute Gasteiger partial charge is 0.497 e. The molecular weight excluding hydrogens is 396 g/mol. The van der Waals surface area contributed by atoms with Crippen LogP contribution < -0.4 is 10.1 Å². The lowest BCUT2D eigenvalue weighted by atomic mass is 10.1. The number of esters is 1. The summed E-state index contributed by atoms with van der Waals surface area (Å²) in [4.78, 5) is 34.6. The van der Waals surface area contributed by atoms with Crippen molar-refractivity contribution in [1.82, 2.24) is 0 Å². The first kappa shape index (κ1) is 18.4. The number of carbonyl (C=O) groups excluding carboxylic acids is 2. The van der Waals surface area contributed by atoms with E-state index in [1.165, 1.54) is 38.5 Å². The highest BCUT2D eigenvalue weighted by Gasteiger charge is 2.19. The molecule has 130 valence electrons. The number of nitro groups is 1. The molecule has 2 aromatic carbocycles. The third-order valence-corrected chi connectivity index (χ3v) is 3.96. The van der Waals surface area contributed by atoms with Gasteiger partial charge < -0.3 is 14.8 Å². The summed E-state index contributed by atoms with van der Waals surface area (Å²) in [6, 6.07) is 8.44. The molecule has 0 saturated heterocycles. The second kappa shape index (κ2) is 7.75. The number of carbonyl (C=O) groups is 2. The normalized spacial score (nSPS) is 10.0. The van der Waals surface area contributed by atoms with Gasteiger partial charge in [0.05, 0.1) is 34.9 Å². The van der Waals surface area contributed by atoms with Crippen molar-refractivity contribution in [2.75, 3.05) is 19.5 Å². The van der Waals surface area contributed by atoms with Gasteiger partial charge in [-0.15, -0.1) is 0 Å². The number of methoxy groups -OCH3 is 2. The van der Waals surface area contributed by atoms with E-state index in [-0.39, 0.29) is 27.0 Å². The van der Waals surface area contributed by atoms with E-state index in [1.54, 1.807) is 6.07 Å². The Morgan fingerprint density at radius 2 is 1.88 bits per heavy atom. The SMILES string of the molecule is COC(=O)c1cc(OC)ccc1NC(=O)c1ccc(Br)c([N+](=O)[O-])c1.